The van der Waals surface area contributed by atoms with Gasteiger partial charge in [0.25, 0.3) is 5.91 Å². The van der Waals surface area contributed by atoms with Crippen molar-refractivity contribution in [2.24, 2.45) is 5.92 Å². The van der Waals surface area contributed by atoms with Gasteiger partial charge in [-0.05, 0) is 36.0 Å². The molecule has 0 bridgehead atoms. The number of amides is 1. The fraction of sp³-hybridized carbons (Fsp3) is 0.529. The van der Waals surface area contributed by atoms with E-state index in [1.165, 1.54) is 5.56 Å². The van der Waals surface area contributed by atoms with Crippen LogP contribution in [0.3, 0.4) is 0 Å². The first-order valence-corrected chi connectivity index (χ1v) is 7.51. The molecule has 1 fully saturated rings. The summed E-state index contributed by atoms with van der Waals surface area (Å²) in [6.45, 7) is 6.36. The molecule has 0 heterocycles. The van der Waals surface area contributed by atoms with E-state index >= 15 is 0 Å². The van der Waals surface area contributed by atoms with Gasteiger partial charge in [0, 0.05) is 6.04 Å². The zero-order valence-corrected chi connectivity index (χ0v) is 13.3. The Morgan fingerprint density at radius 3 is 2.32 bits per heavy atom. The van der Waals surface area contributed by atoms with Crippen molar-refractivity contribution in [1.29, 1.82) is 0 Å². The lowest BCUT2D eigenvalue weighted by molar-refractivity contribution is -0.146. The molecular formula is C17H23NO4. The maximum atomic E-state index is 11.7. The summed E-state index contributed by atoms with van der Waals surface area (Å²) in [5.41, 5.74) is 1.29. The van der Waals surface area contributed by atoms with Crippen LogP contribution in [0.4, 0.5) is 0 Å². The predicted molar refractivity (Wildman–Crippen MR) is 82.9 cm³/mol. The van der Waals surface area contributed by atoms with Gasteiger partial charge in [-0.15, -0.1) is 0 Å². The van der Waals surface area contributed by atoms with Gasteiger partial charge in [-0.1, -0.05) is 32.9 Å². The SMILES string of the molecule is CC(C)(C)c1ccc(OCC(=O)NC2CC(C(=O)O)C2)cc1. The molecule has 1 amide bonds. The first-order chi connectivity index (χ1) is 10.3. The number of hydrogen-bond acceptors (Lipinski definition) is 3. The van der Waals surface area contributed by atoms with Gasteiger partial charge in [-0.2, -0.15) is 0 Å². The summed E-state index contributed by atoms with van der Waals surface area (Å²) in [5, 5.41) is 11.6. The van der Waals surface area contributed by atoms with Crippen LogP contribution in [0, 0.1) is 5.92 Å². The van der Waals surface area contributed by atoms with Crippen LogP contribution in [0.15, 0.2) is 24.3 Å². The van der Waals surface area contributed by atoms with Crippen molar-refractivity contribution in [3.05, 3.63) is 29.8 Å². The number of carboxylic acids is 1. The molecule has 0 radical (unpaired) electrons. The third-order valence-electron chi connectivity index (χ3n) is 3.94. The fourth-order valence-corrected chi connectivity index (χ4v) is 2.41. The third kappa shape index (κ3) is 4.23. The Morgan fingerprint density at radius 1 is 1.23 bits per heavy atom. The molecule has 2 N–H and O–H groups in total. The summed E-state index contributed by atoms with van der Waals surface area (Å²) in [4.78, 5) is 22.4. The quantitative estimate of drug-likeness (QED) is 0.875. The molecule has 0 spiro atoms. The Morgan fingerprint density at radius 2 is 1.82 bits per heavy atom. The van der Waals surface area contributed by atoms with Gasteiger partial charge in [0.2, 0.25) is 0 Å². The van der Waals surface area contributed by atoms with Crippen molar-refractivity contribution >= 4 is 11.9 Å². The highest BCUT2D eigenvalue weighted by molar-refractivity contribution is 5.78. The minimum Gasteiger partial charge on any atom is -0.484 e. The summed E-state index contributed by atoms with van der Waals surface area (Å²) in [5.74, 6) is -0.675. The Labute approximate surface area is 130 Å². The van der Waals surface area contributed by atoms with E-state index < -0.39 is 5.97 Å². The molecule has 1 aromatic carbocycles. The van der Waals surface area contributed by atoms with Crippen LogP contribution in [0.1, 0.15) is 39.2 Å². The van der Waals surface area contributed by atoms with Crippen LogP contribution in [-0.4, -0.2) is 29.6 Å². The van der Waals surface area contributed by atoms with Gasteiger partial charge in [-0.25, -0.2) is 0 Å². The average Bonchev–Trinajstić information content (AvgIpc) is 2.39. The molecule has 120 valence electrons. The zero-order chi connectivity index (χ0) is 16.3. The molecule has 0 unspecified atom stereocenters. The summed E-state index contributed by atoms with van der Waals surface area (Å²) in [6, 6.07) is 7.67. The average molecular weight is 305 g/mol. The van der Waals surface area contributed by atoms with Crippen LogP contribution < -0.4 is 10.1 Å². The molecule has 5 heteroatoms. The normalized spacial score (nSPS) is 20.9. The Bertz CT molecular complexity index is 539. The molecule has 2 rings (SSSR count). The van der Waals surface area contributed by atoms with E-state index in [0.29, 0.717) is 18.6 Å². The molecule has 1 aromatic rings. The van der Waals surface area contributed by atoms with E-state index in [-0.39, 0.29) is 29.9 Å². The summed E-state index contributed by atoms with van der Waals surface area (Å²) in [7, 11) is 0. The predicted octanol–water partition coefficient (Wildman–Crippen LogP) is 2.34. The molecule has 0 saturated heterocycles. The molecular weight excluding hydrogens is 282 g/mol. The highest BCUT2D eigenvalue weighted by atomic mass is 16.5. The van der Waals surface area contributed by atoms with E-state index in [1.807, 2.05) is 24.3 Å². The first-order valence-electron chi connectivity index (χ1n) is 7.51. The molecule has 0 atom stereocenters. The van der Waals surface area contributed by atoms with Crippen molar-refractivity contribution in [3.8, 4) is 5.75 Å². The van der Waals surface area contributed by atoms with E-state index in [0.717, 1.165) is 0 Å². The molecule has 1 aliphatic rings. The van der Waals surface area contributed by atoms with Crippen molar-refractivity contribution in [1.82, 2.24) is 5.32 Å². The second kappa shape index (κ2) is 6.38. The van der Waals surface area contributed by atoms with Crippen LogP contribution >= 0.6 is 0 Å². The van der Waals surface area contributed by atoms with Crippen LogP contribution in [-0.2, 0) is 15.0 Å². The second-order valence-electron chi connectivity index (χ2n) is 6.83. The highest BCUT2D eigenvalue weighted by Crippen LogP contribution is 2.27. The van der Waals surface area contributed by atoms with E-state index in [9.17, 15) is 9.59 Å². The van der Waals surface area contributed by atoms with E-state index in [4.69, 9.17) is 9.84 Å². The van der Waals surface area contributed by atoms with Crippen molar-refractivity contribution in [3.63, 3.8) is 0 Å². The van der Waals surface area contributed by atoms with Crippen molar-refractivity contribution in [2.45, 2.75) is 45.1 Å². The Hall–Kier alpha value is -2.04. The lowest BCUT2D eigenvalue weighted by atomic mass is 9.80. The van der Waals surface area contributed by atoms with Crippen molar-refractivity contribution in [2.75, 3.05) is 6.61 Å². The fourth-order valence-electron chi connectivity index (χ4n) is 2.41. The monoisotopic (exact) mass is 305 g/mol. The largest absolute Gasteiger partial charge is 0.484 e. The van der Waals surface area contributed by atoms with Crippen molar-refractivity contribution < 1.29 is 19.4 Å². The van der Waals surface area contributed by atoms with E-state index in [1.54, 1.807) is 0 Å². The summed E-state index contributed by atoms with van der Waals surface area (Å²) < 4.78 is 5.45. The number of aliphatic carboxylic acids is 1. The molecule has 0 aliphatic heterocycles. The number of ether oxygens (including phenoxy) is 1. The van der Waals surface area contributed by atoms with Gasteiger partial charge in [0.15, 0.2) is 6.61 Å². The number of nitrogens with one attached hydrogen (secondary N) is 1. The summed E-state index contributed by atoms with van der Waals surface area (Å²) >= 11 is 0. The lowest BCUT2D eigenvalue weighted by Gasteiger charge is -2.32. The number of carbonyl (C=O) groups is 2. The third-order valence-corrected chi connectivity index (χ3v) is 3.94. The minimum absolute atomic E-state index is 0.0412. The topological polar surface area (TPSA) is 75.6 Å². The minimum atomic E-state index is -0.791. The lowest BCUT2D eigenvalue weighted by Crippen LogP contribution is -2.48. The number of carboxylic acid groups (broad SMARTS) is 1. The van der Waals surface area contributed by atoms with Gasteiger partial charge in [-0.3, -0.25) is 9.59 Å². The van der Waals surface area contributed by atoms with Crippen LogP contribution in [0.2, 0.25) is 0 Å². The first kappa shape index (κ1) is 16.3. The van der Waals surface area contributed by atoms with Crippen LogP contribution in [0.25, 0.3) is 0 Å². The molecule has 22 heavy (non-hydrogen) atoms. The van der Waals surface area contributed by atoms with Gasteiger partial charge >= 0.3 is 5.97 Å². The standard InChI is InChI=1S/C17H23NO4/c1-17(2,3)12-4-6-14(7-5-12)22-10-15(19)18-13-8-11(9-13)16(20)21/h4-7,11,13H,8-10H2,1-3H3,(H,18,19)(H,20,21). The van der Waals surface area contributed by atoms with Gasteiger partial charge in [0.05, 0.1) is 5.92 Å². The smallest absolute Gasteiger partial charge is 0.306 e. The molecule has 0 aromatic heterocycles. The van der Waals surface area contributed by atoms with Gasteiger partial charge in [0.1, 0.15) is 5.75 Å². The maximum absolute atomic E-state index is 11.7. The van der Waals surface area contributed by atoms with E-state index in [2.05, 4.69) is 26.1 Å². The molecule has 1 aliphatic carbocycles. The Balaban J connectivity index is 1.74. The molecule has 1 saturated carbocycles. The maximum Gasteiger partial charge on any atom is 0.306 e. The zero-order valence-electron chi connectivity index (χ0n) is 13.3. The highest BCUT2D eigenvalue weighted by Gasteiger charge is 2.35. The summed E-state index contributed by atoms with van der Waals surface area (Å²) in [6.07, 6.45) is 1.00. The second-order valence-corrected chi connectivity index (χ2v) is 6.83. The molecule has 5 nitrogen and oxygen atoms in total. The van der Waals surface area contributed by atoms with Crippen LogP contribution in [0.5, 0.6) is 5.75 Å². The number of benzene rings is 1. The number of carbonyl (C=O) groups excluding carboxylic acids is 1. The number of hydrogen-bond donors (Lipinski definition) is 2. The Kier molecular flexibility index (Phi) is 4.74. The number of rotatable bonds is 5. The van der Waals surface area contributed by atoms with Gasteiger partial charge < -0.3 is 15.2 Å².